The second-order valence-electron chi connectivity index (χ2n) is 5.16. The highest BCUT2D eigenvalue weighted by molar-refractivity contribution is 5.78. The van der Waals surface area contributed by atoms with Crippen LogP contribution >= 0.6 is 0 Å². The highest BCUT2D eigenvalue weighted by Crippen LogP contribution is 2.23. The third kappa shape index (κ3) is 2.53. The van der Waals surface area contributed by atoms with E-state index < -0.39 is 0 Å². The zero-order valence-electron chi connectivity index (χ0n) is 11.2. The molecule has 1 aromatic rings. The molecule has 0 aliphatic carbocycles. The Morgan fingerprint density at radius 1 is 1.37 bits per heavy atom. The van der Waals surface area contributed by atoms with Crippen molar-refractivity contribution in [1.29, 1.82) is 0 Å². The third-order valence-electron chi connectivity index (χ3n) is 3.93. The van der Waals surface area contributed by atoms with E-state index in [0.29, 0.717) is 11.9 Å². The van der Waals surface area contributed by atoms with E-state index in [9.17, 15) is 4.79 Å². The van der Waals surface area contributed by atoms with Crippen molar-refractivity contribution in [2.75, 3.05) is 32.0 Å². The molecule has 6 nitrogen and oxygen atoms in total. The largest absolute Gasteiger partial charge is 0.372 e. The van der Waals surface area contributed by atoms with Crippen molar-refractivity contribution in [3.63, 3.8) is 0 Å². The van der Waals surface area contributed by atoms with Gasteiger partial charge in [0.2, 0.25) is 5.91 Å². The Bertz CT molecular complexity index is 461. The van der Waals surface area contributed by atoms with Crippen molar-refractivity contribution >= 4 is 11.7 Å². The molecule has 0 bridgehead atoms. The molecule has 1 atom stereocenters. The lowest BCUT2D eigenvalue weighted by molar-refractivity contribution is -0.130. The topological polar surface area (TPSA) is 61.4 Å². The van der Waals surface area contributed by atoms with E-state index in [2.05, 4.69) is 20.2 Å². The predicted octanol–water partition coefficient (Wildman–Crippen LogP) is 0.325. The Morgan fingerprint density at radius 3 is 3.00 bits per heavy atom. The van der Waals surface area contributed by atoms with Gasteiger partial charge in [-0.05, 0) is 6.42 Å². The first-order valence-electron chi connectivity index (χ1n) is 6.77. The molecule has 6 heteroatoms. The quantitative estimate of drug-likeness (QED) is 0.849. The number of hydrogen-bond donors (Lipinski definition) is 1. The summed E-state index contributed by atoms with van der Waals surface area (Å²) in [6.07, 6.45) is 5.29. The number of amides is 1. The molecule has 1 aromatic heterocycles. The van der Waals surface area contributed by atoms with Crippen LogP contribution in [0.2, 0.25) is 0 Å². The van der Waals surface area contributed by atoms with Gasteiger partial charge in [-0.3, -0.25) is 14.7 Å². The standard InChI is InChI=1S/C13H19N5O/c1-14-12-7-15-10(6-16-12)8-17-4-5-18-11(9-17)2-3-13(18)19/h6-7,11H,2-5,8-9H2,1H3,(H,14,16). The fourth-order valence-corrected chi connectivity index (χ4v) is 2.87. The van der Waals surface area contributed by atoms with Crippen LogP contribution in [0, 0.1) is 0 Å². The molecular weight excluding hydrogens is 242 g/mol. The lowest BCUT2D eigenvalue weighted by atomic mass is 10.1. The van der Waals surface area contributed by atoms with Crippen LogP contribution in [0.5, 0.6) is 0 Å². The normalized spacial score (nSPS) is 23.5. The Kier molecular flexibility index (Phi) is 3.33. The van der Waals surface area contributed by atoms with Gasteiger partial charge in [-0.15, -0.1) is 0 Å². The number of piperazine rings is 1. The van der Waals surface area contributed by atoms with Gasteiger partial charge < -0.3 is 10.2 Å². The molecule has 102 valence electrons. The van der Waals surface area contributed by atoms with E-state index in [0.717, 1.165) is 50.5 Å². The SMILES string of the molecule is CNc1cnc(CN2CCN3C(=O)CCC3C2)cn1. The molecule has 2 fully saturated rings. The van der Waals surface area contributed by atoms with E-state index >= 15 is 0 Å². The molecule has 19 heavy (non-hydrogen) atoms. The summed E-state index contributed by atoms with van der Waals surface area (Å²) in [5.41, 5.74) is 0.983. The van der Waals surface area contributed by atoms with E-state index in [1.807, 2.05) is 18.1 Å². The molecular formula is C13H19N5O. The van der Waals surface area contributed by atoms with Gasteiger partial charge in [-0.2, -0.15) is 0 Å². The maximum atomic E-state index is 11.6. The van der Waals surface area contributed by atoms with Crippen molar-refractivity contribution in [2.24, 2.45) is 0 Å². The minimum absolute atomic E-state index is 0.322. The number of rotatable bonds is 3. The molecule has 1 N–H and O–H groups in total. The number of fused-ring (bicyclic) bond motifs is 1. The van der Waals surface area contributed by atoms with Gasteiger partial charge >= 0.3 is 0 Å². The van der Waals surface area contributed by atoms with E-state index in [4.69, 9.17) is 0 Å². The summed E-state index contributed by atoms with van der Waals surface area (Å²) in [4.78, 5) is 24.7. The minimum atomic E-state index is 0.322. The zero-order chi connectivity index (χ0) is 13.2. The Hall–Kier alpha value is -1.69. The number of carbonyl (C=O) groups excluding carboxylic acids is 1. The summed E-state index contributed by atoms with van der Waals surface area (Å²) in [6.45, 7) is 3.56. The first-order valence-corrected chi connectivity index (χ1v) is 6.77. The Balaban J connectivity index is 1.60. The summed E-state index contributed by atoms with van der Waals surface area (Å²) >= 11 is 0. The number of nitrogens with zero attached hydrogens (tertiary/aromatic N) is 4. The minimum Gasteiger partial charge on any atom is -0.372 e. The molecule has 2 aliphatic rings. The average Bonchev–Trinajstić information content (AvgIpc) is 2.81. The van der Waals surface area contributed by atoms with Crippen molar-refractivity contribution in [3.8, 4) is 0 Å². The number of carbonyl (C=O) groups is 1. The van der Waals surface area contributed by atoms with E-state index in [-0.39, 0.29) is 0 Å². The van der Waals surface area contributed by atoms with Gasteiger partial charge in [0.15, 0.2) is 0 Å². The lowest BCUT2D eigenvalue weighted by Gasteiger charge is -2.37. The first kappa shape index (κ1) is 12.3. The summed E-state index contributed by atoms with van der Waals surface area (Å²) in [5, 5.41) is 2.96. The maximum Gasteiger partial charge on any atom is 0.222 e. The zero-order valence-corrected chi connectivity index (χ0v) is 11.2. The van der Waals surface area contributed by atoms with Gasteiger partial charge in [0.25, 0.3) is 0 Å². The van der Waals surface area contributed by atoms with Gasteiger partial charge in [-0.1, -0.05) is 0 Å². The highest BCUT2D eigenvalue weighted by atomic mass is 16.2. The first-order chi connectivity index (χ1) is 9.26. The van der Waals surface area contributed by atoms with Crippen molar-refractivity contribution in [1.82, 2.24) is 19.8 Å². The molecule has 2 saturated heterocycles. The summed E-state index contributed by atoms with van der Waals surface area (Å²) in [5.74, 6) is 1.11. The smallest absolute Gasteiger partial charge is 0.222 e. The van der Waals surface area contributed by atoms with Gasteiger partial charge in [0.1, 0.15) is 5.82 Å². The van der Waals surface area contributed by atoms with Gasteiger partial charge in [0.05, 0.1) is 18.1 Å². The van der Waals surface area contributed by atoms with Crippen LogP contribution in [0.4, 0.5) is 5.82 Å². The predicted molar refractivity (Wildman–Crippen MR) is 71.6 cm³/mol. The van der Waals surface area contributed by atoms with Crippen LogP contribution in [0.3, 0.4) is 0 Å². The van der Waals surface area contributed by atoms with Crippen LogP contribution < -0.4 is 5.32 Å². The van der Waals surface area contributed by atoms with Crippen LogP contribution in [0.1, 0.15) is 18.5 Å². The van der Waals surface area contributed by atoms with Crippen molar-refractivity contribution < 1.29 is 4.79 Å². The Morgan fingerprint density at radius 2 is 2.26 bits per heavy atom. The second-order valence-corrected chi connectivity index (χ2v) is 5.16. The summed E-state index contributed by atoms with van der Waals surface area (Å²) < 4.78 is 0. The van der Waals surface area contributed by atoms with Gasteiger partial charge in [-0.25, -0.2) is 4.98 Å². The fraction of sp³-hybridized carbons (Fsp3) is 0.615. The van der Waals surface area contributed by atoms with Crippen LogP contribution in [-0.2, 0) is 11.3 Å². The molecule has 0 radical (unpaired) electrons. The molecule has 3 heterocycles. The third-order valence-corrected chi connectivity index (χ3v) is 3.93. The number of anilines is 1. The number of aromatic nitrogens is 2. The van der Waals surface area contributed by atoms with Crippen molar-refractivity contribution in [3.05, 3.63) is 18.1 Å². The number of hydrogen-bond acceptors (Lipinski definition) is 5. The fourth-order valence-electron chi connectivity index (χ4n) is 2.87. The molecule has 2 aliphatic heterocycles. The monoisotopic (exact) mass is 261 g/mol. The molecule has 0 spiro atoms. The van der Waals surface area contributed by atoms with Crippen LogP contribution in [-0.4, -0.2) is 58.4 Å². The Labute approximate surface area is 112 Å². The van der Waals surface area contributed by atoms with Gasteiger partial charge in [0, 0.05) is 45.7 Å². The van der Waals surface area contributed by atoms with E-state index in [1.165, 1.54) is 0 Å². The molecule has 3 rings (SSSR count). The molecule has 1 unspecified atom stereocenters. The molecule has 0 aromatic carbocycles. The number of nitrogens with one attached hydrogen (secondary N) is 1. The lowest BCUT2D eigenvalue weighted by Crippen LogP contribution is -2.51. The average molecular weight is 261 g/mol. The van der Waals surface area contributed by atoms with E-state index in [1.54, 1.807) is 6.20 Å². The second kappa shape index (κ2) is 5.13. The summed E-state index contributed by atoms with van der Waals surface area (Å²) in [6, 6.07) is 0.408. The summed E-state index contributed by atoms with van der Waals surface area (Å²) in [7, 11) is 1.83. The molecule has 0 saturated carbocycles. The molecule has 1 amide bonds. The highest BCUT2D eigenvalue weighted by Gasteiger charge is 2.35. The maximum absolute atomic E-state index is 11.6. The van der Waals surface area contributed by atoms with Crippen LogP contribution in [0.25, 0.3) is 0 Å². The van der Waals surface area contributed by atoms with Crippen LogP contribution in [0.15, 0.2) is 12.4 Å². The van der Waals surface area contributed by atoms with Crippen molar-refractivity contribution in [2.45, 2.75) is 25.4 Å².